The van der Waals surface area contributed by atoms with E-state index in [9.17, 15) is 24.0 Å². The molecule has 0 spiro atoms. The van der Waals surface area contributed by atoms with Crippen LogP contribution in [0.15, 0.2) is 126 Å². The Morgan fingerprint density at radius 1 is 0.589 bits per heavy atom. The smallest absolute Gasteiger partial charge is 0.334 e. The fourth-order valence-electron chi connectivity index (χ4n) is 6.11. The molecule has 292 valence electrons. The Hall–Kier alpha value is -6.18. The molecular formula is C43H43NO12. The van der Waals surface area contributed by atoms with Crippen LogP contribution in [0.2, 0.25) is 0 Å². The molecule has 0 bridgehead atoms. The molecule has 0 aromatic heterocycles. The highest BCUT2D eigenvalue weighted by atomic mass is 16.7. The van der Waals surface area contributed by atoms with Crippen molar-refractivity contribution in [3.8, 4) is 0 Å². The van der Waals surface area contributed by atoms with E-state index in [0.717, 1.165) is 20.8 Å². The lowest BCUT2D eigenvalue weighted by molar-refractivity contribution is -0.308. The third kappa shape index (κ3) is 11.4. The summed E-state index contributed by atoms with van der Waals surface area (Å²) in [7, 11) is 0. The van der Waals surface area contributed by atoms with E-state index in [-0.39, 0.29) is 0 Å². The van der Waals surface area contributed by atoms with E-state index < -0.39 is 85.9 Å². The summed E-state index contributed by atoms with van der Waals surface area (Å²) < 4.78 is 40.5. The van der Waals surface area contributed by atoms with Gasteiger partial charge in [-0.25, -0.2) is 4.79 Å². The molecule has 0 N–H and O–H groups in total. The van der Waals surface area contributed by atoms with Crippen LogP contribution in [0.25, 0.3) is 0 Å². The highest BCUT2D eigenvalue weighted by molar-refractivity contribution is 6.13. The third-order valence-electron chi connectivity index (χ3n) is 8.46. The van der Waals surface area contributed by atoms with Crippen molar-refractivity contribution in [1.29, 1.82) is 0 Å². The van der Waals surface area contributed by atoms with E-state index in [1.807, 2.05) is 121 Å². The maximum absolute atomic E-state index is 14.5. The number of rotatable bonds is 15. The molecule has 5 rings (SSSR count). The monoisotopic (exact) mass is 765 g/mol. The minimum atomic E-state index is -1.56. The second-order valence-electron chi connectivity index (χ2n) is 12.8. The van der Waals surface area contributed by atoms with E-state index in [1.54, 1.807) is 0 Å². The van der Waals surface area contributed by atoms with Gasteiger partial charge in [-0.1, -0.05) is 121 Å². The van der Waals surface area contributed by atoms with Crippen molar-refractivity contribution in [3.63, 3.8) is 0 Å². The predicted octanol–water partition coefficient (Wildman–Crippen LogP) is 5.33. The largest absolute Gasteiger partial charge is 0.463 e. The van der Waals surface area contributed by atoms with E-state index in [2.05, 4.69) is 0 Å². The number of aliphatic imine (C=N–C) groups is 1. The van der Waals surface area contributed by atoms with E-state index in [4.69, 9.17) is 38.2 Å². The molecule has 0 saturated carbocycles. The van der Waals surface area contributed by atoms with Gasteiger partial charge < -0.3 is 33.2 Å². The molecule has 13 nitrogen and oxygen atoms in total. The van der Waals surface area contributed by atoms with Crippen LogP contribution in [-0.4, -0.2) is 85.5 Å². The normalized spacial score (nSPS) is 19.5. The summed E-state index contributed by atoms with van der Waals surface area (Å²) in [6, 6.07) is 35.6. The van der Waals surface area contributed by atoms with Crippen molar-refractivity contribution < 1.29 is 57.1 Å². The molecule has 4 aromatic rings. The number of esters is 5. The molecule has 0 radical (unpaired) electrons. The number of hydrogen-bond donors (Lipinski definition) is 0. The van der Waals surface area contributed by atoms with Crippen molar-refractivity contribution in [2.45, 2.75) is 70.5 Å². The summed E-state index contributed by atoms with van der Waals surface area (Å²) in [6.07, 6.45) is -8.03. The molecule has 1 fully saturated rings. The van der Waals surface area contributed by atoms with Crippen molar-refractivity contribution in [3.05, 3.63) is 144 Å². The number of carbonyl (C=O) groups excluding carboxylic acids is 5. The summed E-state index contributed by atoms with van der Waals surface area (Å²) in [6.45, 7) is 3.58. The van der Waals surface area contributed by atoms with Gasteiger partial charge in [0.2, 0.25) is 0 Å². The average molecular weight is 766 g/mol. The van der Waals surface area contributed by atoms with Crippen LogP contribution in [0.3, 0.4) is 0 Å². The average Bonchev–Trinajstić information content (AvgIpc) is 3.19. The molecule has 1 aliphatic rings. The quantitative estimate of drug-likeness (QED) is 0.0871. The lowest BCUT2D eigenvalue weighted by Crippen LogP contribution is -2.63. The van der Waals surface area contributed by atoms with Gasteiger partial charge in [0, 0.05) is 38.8 Å². The van der Waals surface area contributed by atoms with Crippen LogP contribution in [0.1, 0.15) is 56.1 Å². The van der Waals surface area contributed by atoms with Gasteiger partial charge in [0.15, 0.2) is 36.7 Å². The summed E-state index contributed by atoms with van der Waals surface area (Å²) >= 11 is 0. The highest BCUT2D eigenvalue weighted by Crippen LogP contribution is 2.31. The third-order valence-corrected chi connectivity index (χ3v) is 8.46. The first kappa shape index (κ1) is 41.0. The van der Waals surface area contributed by atoms with Crippen LogP contribution in [-0.2, 0) is 57.1 Å². The molecule has 1 saturated heterocycles. The van der Waals surface area contributed by atoms with Crippen molar-refractivity contribution in [1.82, 2.24) is 0 Å². The molecule has 6 atom stereocenters. The fourth-order valence-corrected chi connectivity index (χ4v) is 6.11. The standard InChI is InChI=1S/C43H43NO12/c1-27(45)50-26-36-39(52-28(2)46)40(53-29(3)47)41(54-30(4)48)43(55-36)51-25-35(44-37(31-17-9-5-10-18-31)32-19-11-6-12-20-32)42(49)56-38(33-21-13-7-14-22-33)34-23-15-8-16-24-34/h5-24,35-36,38-41,43H,25-26H2,1-4H3/t35-,36-,39-,40+,41-,43-/m1/s1. The molecular weight excluding hydrogens is 722 g/mol. The Bertz CT molecular complexity index is 1880. The van der Waals surface area contributed by atoms with Crippen LogP contribution in [0, 0.1) is 0 Å². The number of ether oxygens (including phenoxy) is 7. The van der Waals surface area contributed by atoms with E-state index in [0.29, 0.717) is 28.0 Å². The summed E-state index contributed by atoms with van der Waals surface area (Å²) in [5, 5.41) is 0. The van der Waals surface area contributed by atoms with E-state index in [1.165, 1.54) is 6.92 Å². The Morgan fingerprint density at radius 2 is 1.04 bits per heavy atom. The summed E-state index contributed by atoms with van der Waals surface area (Å²) in [5.74, 6) is -3.82. The van der Waals surface area contributed by atoms with Gasteiger partial charge in [-0.15, -0.1) is 0 Å². The topological polar surface area (TPSA) is 162 Å². The number of nitrogens with zero attached hydrogens (tertiary/aromatic N) is 1. The van der Waals surface area contributed by atoms with Crippen LogP contribution >= 0.6 is 0 Å². The lowest BCUT2D eigenvalue weighted by atomic mass is 9.98. The van der Waals surface area contributed by atoms with Crippen LogP contribution in [0.4, 0.5) is 0 Å². The van der Waals surface area contributed by atoms with Gasteiger partial charge in [0.1, 0.15) is 12.7 Å². The minimum Gasteiger partial charge on any atom is -0.463 e. The summed E-state index contributed by atoms with van der Waals surface area (Å²) in [4.78, 5) is 68.4. The predicted molar refractivity (Wildman–Crippen MR) is 201 cm³/mol. The molecule has 4 aromatic carbocycles. The zero-order valence-electron chi connectivity index (χ0n) is 31.3. The molecule has 0 aliphatic carbocycles. The second kappa shape index (κ2) is 19.9. The Morgan fingerprint density at radius 3 is 1.50 bits per heavy atom. The zero-order chi connectivity index (χ0) is 40.0. The van der Waals surface area contributed by atoms with Gasteiger partial charge >= 0.3 is 29.8 Å². The molecule has 56 heavy (non-hydrogen) atoms. The van der Waals surface area contributed by atoms with Crippen molar-refractivity contribution in [2.75, 3.05) is 13.2 Å². The van der Waals surface area contributed by atoms with Gasteiger partial charge in [-0.2, -0.15) is 0 Å². The number of hydrogen-bond acceptors (Lipinski definition) is 13. The molecule has 1 aliphatic heterocycles. The maximum Gasteiger partial charge on any atom is 0.334 e. The first-order valence-electron chi connectivity index (χ1n) is 17.9. The second-order valence-corrected chi connectivity index (χ2v) is 12.8. The SMILES string of the molecule is CC(=O)OC[C@H]1O[C@@H](OC[C@@H](N=C(c2ccccc2)c2ccccc2)C(=O)OC(c2ccccc2)c2ccccc2)[C@H](OC(C)=O)[C@@H](OC(C)=O)[C@@H]1OC(C)=O. The van der Waals surface area contributed by atoms with Crippen molar-refractivity contribution >= 4 is 35.6 Å². The van der Waals surface area contributed by atoms with Crippen LogP contribution in [0.5, 0.6) is 0 Å². The van der Waals surface area contributed by atoms with E-state index >= 15 is 0 Å². The number of benzene rings is 4. The maximum atomic E-state index is 14.5. The first-order valence-corrected chi connectivity index (χ1v) is 17.9. The number of carbonyl (C=O) groups is 5. The Balaban J connectivity index is 1.58. The van der Waals surface area contributed by atoms with Gasteiger partial charge in [-0.05, 0) is 11.1 Å². The molecule has 0 amide bonds. The van der Waals surface area contributed by atoms with Crippen LogP contribution < -0.4 is 0 Å². The highest BCUT2D eigenvalue weighted by Gasteiger charge is 2.53. The lowest BCUT2D eigenvalue weighted by Gasteiger charge is -2.44. The minimum absolute atomic E-state index is 0.453. The van der Waals surface area contributed by atoms with Crippen molar-refractivity contribution in [2.24, 2.45) is 4.99 Å². The van der Waals surface area contributed by atoms with Gasteiger partial charge in [0.05, 0.1) is 12.3 Å². The summed E-state index contributed by atoms with van der Waals surface area (Å²) in [5.41, 5.74) is 3.27. The fraction of sp³-hybridized carbons (Fsp3) is 0.302. The molecule has 1 heterocycles. The first-order chi connectivity index (χ1) is 27.0. The van der Waals surface area contributed by atoms with Gasteiger partial charge in [0.25, 0.3) is 0 Å². The molecule has 13 heteroatoms. The Labute approximate surface area is 324 Å². The Kier molecular flexibility index (Phi) is 14.6. The van der Waals surface area contributed by atoms with Gasteiger partial charge in [-0.3, -0.25) is 24.2 Å². The molecule has 0 unspecified atom stereocenters. The zero-order valence-corrected chi connectivity index (χ0v) is 31.3.